The van der Waals surface area contributed by atoms with Crippen molar-refractivity contribution < 1.29 is 8.42 Å². The summed E-state index contributed by atoms with van der Waals surface area (Å²) < 4.78 is 27.0. The second kappa shape index (κ2) is 6.23. The highest BCUT2D eigenvalue weighted by Gasteiger charge is 2.16. The molecule has 0 heterocycles. The molecule has 0 saturated carbocycles. The van der Waals surface area contributed by atoms with Gasteiger partial charge >= 0.3 is 0 Å². The van der Waals surface area contributed by atoms with E-state index in [4.69, 9.17) is 28.9 Å². The summed E-state index contributed by atoms with van der Waals surface area (Å²) in [6, 6.07) is 9.73. The maximum atomic E-state index is 12.2. The topological polar surface area (TPSA) is 72.2 Å². The highest BCUT2D eigenvalue weighted by atomic mass is 35.5. The molecule has 21 heavy (non-hydrogen) atoms. The smallest absolute Gasteiger partial charge is 0.240 e. The lowest BCUT2D eigenvalue weighted by Gasteiger charge is -2.10. The average Bonchev–Trinajstić information content (AvgIpc) is 2.42. The lowest BCUT2D eigenvalue weighted by atomic mass is 10.2. The minimum absolute atomic E-state index is 0.0395. The number of anilines is 1. The van der Waals surface area contributed by atoms with E-state index >= 15 is 0 Å². The Labute approximate surface area is 133 Å². The van der Waals surface area contributed by atoms with Crippen LogP contribution in [0.3, 0.4) is 0 Å². The molecule has 4 nitrogen and oxygen atoms in total. The van der Waals surface area contributed by atoms with Crippen LogP contribution in [0, 0.1) is 6.92 Å². The van der Waals surface area contributed by atoms with E-state index in [1.165, 1.54) is 12.1 Å². The first-order chi connectivity index (χ1) is 9.79. The van der Waals surface area contributed by atoms with Crippen molar-refractivity contribution in [2.45, 2.75) is 18.4 Å². The van der Waals surface area contributed by atoms with Gasteiger partial charge in [0.15, 0.2) is 0 Å². The van der Waals surface area contributed by atoms with Gasteiger partial charge in [-0.05, 0) is 42.3 Å². The molecule has 2 rings (SSSR count). The van der Waals surface area contributed by atoms with Crippen molar-refractivity contribution in [1.82, 2.24) is 4.72 Å². The van der Waals surface area contributed by atoms with Gasteiger partial charge in [0.2, 0.25) is 10.0 Å². The zero-order valence-electron chi connectivity index (χ0n) is 11.2. The van der Waals surface area contributed by atoms with Crippen LogP contribution in [0.2, 0.25) is 10.0 Å². The molecule has 0 aliphatic heterocycles. The van der Waals surface area contributed by atoms with Crippen molar-refractivity contribution in [2.24, 2.45) is 0 Å². The van der Waals surface area contributed by atoms with Gasteiger partial charge in [0.25, 0.3) is 0 Å². The van der Waals surface area contributed by atoms with E-state index in [0.717, 1.165) is 5.56 Å². The van der Waals surface area contributed by atoms with Gasteiger partial charge in [-0.3, -0.25) is 0 Å². The summed E-state index contributed by atoms with van der Waals surface area (Å²) in [7, 11) is -3.69. The molecule has 0 aromatic heterocycles. The average molecular weight is 345 g/mol. The number of sulfonamides is 1. The molecule has 112 valence electrons. The predicted molar refractivity (Wildman–Crippen MR) is 86.1 cm³/mol. The first-order valence-electron chi connectivity index (χ1n) is 6.09. The Morgan fingerprint density at radius 2 is 1.90 bits per heavy atom. The van der Waals surface area contributed by atoms with Crippen molar-refractivity contribution in [3.63, 3.8) is 0 Å². The first-order valence-corrected chi connectivity index (χ1v) is 8.33. The second-order valence-electron chi connectivity index (χ2n) is 4.57. The van der Waals surface area contributed by atoms with Crippen LogP contribution in [0.25, 0.3) is 0 Å². The summed E-state index contributed by atoms with van der Waals surface area (Å²) in [6.45, 7) is 1.86. The summed E-state index contributed by atoms with van der Waals surface area (Å²) in [6.07, 6.45) is 0. The van der Waals surface area contributed by atoms with Crippen LogP contribution in [0.15, 0.2) is 41.3 Å². The molecular formula is C14H14Cl2N2O2S. The van der Waals surface area contributed by atoms with Gasteiger partial charge in [-0.2, -0.15) is 0 Å². The fourth-order valence-electron chi connectivity index (χ4n) is 1.74. The third kappa shape index (κ3) is 3.89. The fraction of sp³-hybridized carbons (Fsp3) is 0.143. The van der Waals surface area contributed by atoms with Gasteiger partial charge in [-0.15, -0.1) is 0 Å². The van der Waals surface area contributed by atoms with Crippen molar-refractivity contribution in [1.29, 1.82) is 0 Å². The van der Waals surface area contributed by atoms with Gasteiger partial charge in [-0.1, -0.05) is 35.3 Å². The molecule has 2 aromatic rings. The number of nitrogens with two attached hydrogens (primary N) is 1. The number of rotatable bonds is 4. The van der Waals surface area contributed by atoms with Gasteiger partial charge in [-0.25, -0.2) is 13.1 Å². The zero-order chi connectivity index (χ0) is 15.6. The Hall–Kier alpha value is -1.27. The third-order valence-corrected chi connectivity index (χ3v) is 5.03. The maximum Gasteiger partial charge on any atom is 0.240 e. The number of nitrogens with one attached hydrogen (secondary N) is 1. The largest absolute Gasteiger partial charge is 0.398 e. The molecular weight excluding hydrogens is 331 g/mol. The van der Waals surface area contributed by atoms with E-state index in [0.29, 0.717) is 21.3 Å². The third-order valence-electron chi connectivity index (χ3n) is 3.02. The number of hydrogen-bond acceptors (Lipinski definition) is 3. The maximum absolute atomic E-state index is 12.2. The Bertz CT molecular complexity index is 753. The van der Waals surface area contributed by atoms with Crippen molar-refractivity contribution >= 4 is 38.9 Å². The molecule has 2 aromatic carbocycles. The summed E-state index contributed by atoms with van der Waals surface area (Å²) >= 11 is 11.8. The molecule has 0 fully saturated rings. The van der Waals surface area contributed by atoms with Crippen molar-refractivity contribution in [3.05, 3.63) is 57.6 Å². The van der Waals surface area contributed by atoms with Crippen LogP contribution >= 0.6 is 23.2 Å². The van der Waals surface area contributed by atoms with Crippen molar-refractivity contribution in [3.8, 4) is 0 Å². The number of hydrogen-bond donors (Lipinski definition) is 2. The normalized spacial score (nSPS) is 11.6. The Kier molecular flexibility index (Phi) is 4.78. The molecule has 0 saturated heterocycles. The van der Waals surface area contributed by atoms with Gasteiger partial charge in [0.05, 0.1) is 4.90 Å². The van der Waals surface area contributed by atoms with E-state index in [9.17, 15) is 8.42 Å². The minimum Gasteiger partial charge on any atom is -0.398 e. The van der Waals surface area contributed by atoms with Gasteiger partial charge in [0.1, 0.15) is 0 Å². The van der Waals surface area contributed by atoms with E-state index in [-0.39, 0.29) is 11.4 Å². The Morgan fingerprint density at radius 3 is 2.52 bits per heavy atom. The predicted octanol–water partition coefficient (Wildman–Crippen LogP) is 3.36. The minimum atomic E-state index is -3.69. The van der Waals surface area contributed by atoms with Gasteiger partial charge in [0, 0.05) is 22.3 Å². The highest BCUT2D eigenvalue weighted by Crippen LogP contribution is 2.26. The molecule has 7 heteroatoms. The molecule has 3 N–H and O–H groups in total. The SMILES string of the molecule is Cc1c(N)cc(S(=O)(=O)NCc2cccc(Cl)c2)cc1Cl. The van der Waals surface area contributed by atoms with Crippen LogP contribution in [-0.2, 0) is 16.6 Å². The van der Waals surface area contributed by atoms with E-state index in [1.807, 2.05) is 0 Å². The number of nitrogen functional groups attached to an aromatic ring is 1. The second-order valence-corrected chi connectivity index (χ2v) is 7.18. The van der Waals surface area contributed by atoms with E-state index in [1.54, 1.807) is 31.2 Å². The lowest BCUT2D eigenvalue weighted by molar-refractivity contribution is 0.581. The molecule has 0 aliphatic carbocycles. The van der Waals surface area contributed by atoms with Crippen LogP contribution in [0.5, 0.6) is 0 Å². The van der Waals surface area contributed by atoms with Crippen LogP contribution in [0.4, 0.5) is 5.69 Å². The number of benzene rings is 2. The Morgan fingerprint density at radius 1 is 1.19 bits per heavy atom. The highest BCUT2D eigenvalue weighted by molar-refractivity contribution is 7.89. The lowest BCUT2D eigenvalue weighted by Crippen LogP contribution is -2.23. The van der Waals surface area contributed by atoms with Gasteiger partial charge < -0.3 is 5.73 Å². The molecule has 0 atom stereocenters. The monoisotopic (exact) mass is 344 g/mol. The molecule has 0 spiro atoms. The Balaban J connectivity index is 2.23. The van der Waals surface area contributed by atoms with Crippen LogP contribution in [0.1, 0.15) is 11.1 Å². The summed E-state index contributed by atoms with van der Waals surface area (Å²) in [5, 5.41) is 0.868. The molecule has 0 aliphatic rings. The van der Waals surface area contributed by atoms with E-state index in [2.05, 4.69) is 4.72 Å². The van der Waals surface area contributed by atoms with Crippen LogP contribution in [-0.4, -0.2) is 8.42 Å². The quantitative estimate of drug-likeness (QED) is 0.835. The van der Waals surface area contributed by atoms with Crippen LogP contribution < -0.4 is 10.5 Å². The van der Waals surface area contributed by atoms with Crippen molar-refractivity contribution in [2.75, 3.05) is 5.73 Å². The summed E-state index contributed by atoms with van der Waals surface area (Å²) in [5.41, 5.74) is 7.51. The standard InChI is InChI=1S/C14H14Cl2N2O2S/c1-9-13(16)6-12(7-14(9)17)21(19,20)18-8-10-3-2-4-11(15)5-10/h2-7,18H,8,17H2,1H3. The summed E-state index contributed by atoms with van der Waals surface area (Å²) in [4.78, 5) is 0.0395. The molecule has 0 radical (unpaired) electrons. The zero-order valence-corrected chi connectivity index (χ0v) is 13.6. The fourth-order valence-corrected chi connectivity index (χ4v) is 3.32. The summed E-state index contributed by atoms with van der Waals surface area (Å²) in [5.74, 6) is 0. The molecule has 0 amide bonds. The molecule has 0 unspecified atom stereocenters. The molecule has 0 bridgehead atoms. The van der Waals surface area contributed by atoms with E-state index < -0.39 is 10.0 Å². The first kappa shape index (κ1) is 16.1. The number of halogens is 2.